The molecule has 7 heteroatoms. The van der Waals surface area contributed by atoms with Gasteiger partial charge in [0.2, 0.25) is 0 Å². The lowest BCUT2D eigenvalue weighted by Gasteiger charge is -2.35. The topological polar surface area (TPSA) is 71.0 Å². The van der Waals surface area contributed by atoms with Crippen LogP contribution in [0.15, 0.2) is 30.3 Å². The van der Waals surface area contributed by atoms with Crippen LogP contribution < -0.4 is 16.2 Å². The highest BCUT2D eigenvalue weighted by atomic mass is 32.1. The van der Waals surface area contributed by atoms with E-state index in [1.54, 1.807) is 0 Å². The normalized spacial score (nSPS) is 21.4. The highest BCUT2D eigenvalue weighted by Gasteiger charge is 2.27. The predicted octanol–water partition coefficient (Wildman–Crippen LogP) is 3.48. The van der Waals surface area contributed by atoms with Gasteiger partial charge in [-0.2, -0.15) is 5.10 Å². The van der Waals surface area contributed by atoms with Gasteiger partial charge in [-0.25, -0.2) is 0 Å². The van der Waals surface area contributed by atoms with Gasteiger partial charge in [0.05, 0.1) is 17.8 Å². The molecule has 6 nitrogen and oxygen atoms in total. The van der Waals surface area contributed by atoms with Crippen LogP contribution in [0.4, 0.5) is 0 Å². The summed E-state index contributed by atoms with van der Waals surface area (Å²) in [5.41, 5.74) is 8.84. The summed E-state index contributed by atoms with van der Waals surface area (Å²) in [5.74, 6) is 1.01. The van der Waals surface area contributed by atoms with Gasteiger partial charge in [-0.05, 0) is 49.9 Å². The second kappa shape index (κ2) is 9.39. The van der Waals surface area contributed by atoms with Crippen LogP contribution >= 0.6 is 12.2 Å². The Hall–Kier alpha value is -2.41. The summed E-state index contributed by atoms with van der Waals surface area (Å²) < 4.78 is 1.86. The monoisotopic (exact) mass is 413 g/mol. The van der Waals surface area contributed by atoms with Crippen LogP contribution in [0.5, 0.6) is 0 Å². The second-order valence-corrected chi connectivity index (χ2v) is 8.52. The number of thiocarbonyl (C=S) groups is 1. The number of carbonyl (C=O) groups is 1. The van der Waals surface area contributed by atoms with Gasteiger partial charge in [0, 0.05) is 11.7 Å². The van der Waals surface area contributed by atoms with Crippen molar-refractivity contribution in [2.24, 2.45) is 11.8 Å². The zero-order chi connectivity index (χ0) is 21.0. The van der Waals surface area contributed by atoms with E-state index in [4.69, 9.17) is 12.2 Å². The number of amides is 1. The molecule has 3 N–H and O–H groups in total. The molecule has 0 radical (unpaired) electrons. The molecule has 0 unspecified atom stereocenters. The van der Waals surface area contributed by atoms with Crippen molar-refractivity contribution in [3.05, 3.63) is 52.8 Å². The molecular formula is C22H31N5OS. The number of hydrazine groups is 1. The second-order valence-electron chi connectivity index (χ2n) is 8.12. The summed E-state index contributed by atoms with van der Waals surface area (Å²) in [6, 6.07) is 10.4. The lowest BCUT2D eigenvalue weighted by molar-refractivity contribution is 0.0942. The minimum absolute atomic E-state index is 0.228. The summed E-state index contributed by atoms with van der Waals surface area (Å²) in [5, 5.41) is 8.36. The fourth-order valence-electron chi connectivity index (χ4n) is 4.10. The summed E-state index contributed by atoms with van der Waals surface area (Å²) >= 11 is 5.39. The Morgan fingerprint density at radius 3 is 2.62 bits per heavy atom. The van der Waals surface area contributed by atoms with E-state index in [1.807, 2.05) is 36.7 Å². The zero-order valence-electron chi connectivity index (χ0n) is 17.7. The first-order valence-corrected chi connectivity index (χ1v) is 10.7. The third-order valence-electron chi connectivity index (χ3n) is 6.10. The van der Waals surface area contributed by atoms with E-state index in [2.05, 4.69) is 47.2 Å². The van der Waals surface area contributed by atoms with E-state index in [-0.39, 0.29) is 5.91 Å². The van der Waals surface area contributed by atoms with Crippen LogP contribution in [0.1, 0.15) is 60.4 Å². The molecule has 1 aromatic heterocycles. The van der Waals surface area contributed by atoms with Gasteiger partial charge in [0.1, 0.15) is 0 Å². The molecule has 1 aliphatic rings. The smallest absolute Gasteiger partial charge is 0.273 e. The Bertz CT molecular complexity index is 864. The van der Waals surface area contributed by atoms with Crippen LogP contribution in [-0.4, -0.2) is 26.8 Å². The largest absolute Gasteiger partial charge is 0.358 e. The van der Waals surface area contributed by atoms with Crippen molar-refractivity contribution in [2.45, 2.75) is 59.5 Å². The van der Waals surface area contributed by atoms with Gasteiger partial charge in [-0.15, -0.1) is 0 Å². The molecule has 1 fully saturated rings. The first kappa shape index (κ1) is 21.3. The molecule has 1 saturated carbocycles. The maximum atomic E-state index is 12.8. The average Bonchev–Trinajstić information content (AvgIpc) is 2.97. The molecule has 0 bridgehead atoms. The quantitative estimate of drug-likeness (QED) is 0.529. The van der Waals surface area contributed by atoms with Gasteiger partial charge in [-0.1, -0.05) is 57.0 Å². The van der Waals surface area contributed by atoms with Gasteiger partial charge >= 0.3 is 0 Å². The molecule has 1 aliphatic carbocycles. The maximum absolute atomic E-state index is 12.8. The van der Waals surface area contributed by atoms with Gasteiger partial charge in [0.25, 0.3) is 5.91 Å². The Kier molecular flexibility index (Phi) is 6.90. The van der Waals surface area contributed by atoms with Crippen molar-refractivity contribution in [1.82, 2.24) is 25.9 Å². The van der Waals surface area contributed by atoms with Gasteiger partial charge < -0.3 is 5.32 Å². The van der Waals surface area contributed by atoms with Crippen molar-refractivity contribution >= 4 is 23.2 Å². The lowest BCUT2D eigenvalue weighted by Crippen LogP contribution is -2.52. The molecule has 1 aromatic carbocycles. The number of carbonyl (C=O) groups excluding carboxylic acids is 1. The average molecular weight is 414 g/mol. The number of benzene rings is 1. The van der Waals surface area contributed by atoms with Crippen LogP contribution in [0.25, 0.3) is 0 Å². The van der Waals surface area contributed by atoms with Gasteiger partial charge in [0.15, 0.2) is 5.11 Å². The van der Waals surface area contributed by atoms with Crippen molar-refractivity contribution in [3.8, 4) is 0 Å². The fraction of sp³-hybridized carbons (Fsp3) is 0.500. The van der Waals surface area contributed by atoms with Crippen molar-refractivity contribution in [2.75, 3.05) is 0 Å². The number of rotatable bonds is 4. The first-order valence-electron chi connectivity index (χ1n) is 10.3. The molecule has 156 valence electrons. The minimum atomic E-state index is -0.228. The third kappa shape index (κ3) is 5.15. The number of aryl methyl sites for hydroxylation is 1. The number of hydrogen-bond acceptors (Lipinski definition) is 3. The summed E-state index contributed by atoms with van der Waals surface area (Å²) in [6.07, 6.45) is 3.57. The van der Waals surface area contributed by atoms with Crippen LogP contribution in [0, 0.1) is 25.7 Å². The zero-order valence-corrected chi connectivity index (χ0v) is 18.5. The highest BCUT2D eigenvalue weighted by Crippen LogP contribution is 2.29. The predicted molar refractivity (Wildman–Crippen MR) is 120 cm³/mol. The molecule has 2 aromatic rings. The fourth-order valence-corrected chi connectivity index (χ4v) is 4.30. The van der Waals surface area contributed by atoms with Crippen LogP contribution in [0.2, 0.25) is 0 Å². The molecule has 29 heavy (non-hydrogen) atoms. The summed E-state index contributed by atoms with van der Waals surface area (Å²) in [4.78, 5) is 12.8. The Morgan fingerprint density at radius 1 is 1.17 bits per heavy atom. The Balaban J connectivity index is 1.58. The Labute approximate surface area is 178 Å². The standard InChI is InChI=1S/C22H31N5OS/c1-14-9-8-12-19(15(14)2)23-22(29)25-24-21(28)20-16(3)26-27(17(20)4)13-18-10-6-5-7-11-18/h5-7,10-11,14-15,19H,8-9,12-13H2,1-4H3,(H,24,28)(H2,23,25,29)/t14-,15+,19-/m1/s1. The number of nitrogens with zero attached hydrogens (tertiary/aromatic N) is 2. The van der Waals surface area contributed by atoms with E-state index in [9.17, 15) is 4.79 Å². The van der Waals surface area contributed by atoms with E-state index in [0.29, 0.717) is 40.8 Å². The molecule has 1 amide bonds. The first-order chi connectivity index (χ1) is 13.9. The Morgan fingerprint density at radius 2 is 1.90 bits per heavy atom. The molecule has 0 aliphatic heterocycles. The third-order valence-corrected chi connectivity index (χ3v) is 6.32. The van der Waals surface area contributed by atoms with E-state index in [1.165, 1.54) is 12.8 Å². The molecule has 0 spiro atoms. The minimum Gasteiger partial charge on any atom is -0.358 e. The SMILES string of the molecule is Cc1nn(Cc2ccccc2)c(C)c1C(=O)NNC(=S)N[C@@H]1CCC[C@@H](C)[C@@H]1C. The van der Waals surface area contributed by atoms with Crippen molar-refractivity contribution in [1.29, 1.82) is 0 Å². The number of aromatic nitrogens is 2. The lowest BCUT2D eigenvalue weighted by atomic mass is 9.78. The number of hydrogen-bond donors (Lipinski definition) is 3. The highest BCUT2D eigenvalue weighted by molar-refractivity contribution is 7.80. The summed E-state index contributed by atoms with van der Waals surface area (Å²) in [7, 11) is 0. The van der Waals surface area contributed by atoms with Crippen molar-refractivity contribution in [3.63, 3.8) is 0 Å². The molecule has 3 atom stereocenters. The molecule has 1 heterocycles. The van der Waals surface area contributed by atoms with E-state index < -0.39 is 0 Å². The maximum Gasteiger partial charge on any atom is 0.273 e. The number of nitrogens with one attached hydrogen (secondary N) is 3. The van der Waals surface area contributed by atoms with Crippen LogP contribution in [-0.2, 0) is 6.54 Å². The molecule has 0 saturated heterocycles. The van der Waals surface area contributed by atoms with Crippen molar-refractivity contribution < 1.29 is 4.79 Å². The van der Waals surface area contributed by atoms with E-state index in [0.717, 1.165) is 17.7 Å². The van der Waals surface area contributed by atoms with Gasteiger partial charge in [-0.3, -0.25) is 20.3 Å². The molecule has 3 rings (SSSR count). The molecular weight excluding hydrogens is 382 g/mol. The van der Waals surface area contributed by atoms with Crippen LogP contribution in [0.3, 0.4) is 0 Å². The summed E-state index contributed by atoms with van der Waals surface area (Å²) in [6.45, 7) is 8.95. The van der Waals surface area contributed by atoms with E-state index >= 15 is 0 Å².